The summed E-state index contributed by atoms with van der Waals surface area (Å²) in [7, 11) is 0. The van der Waals surface area contributed by atoms with Crippen molar-refractivity contribution in [1.29, 1.82) is 5.26 Å². The third kappa shape index (κ3) is 2.37. The van der Waals surface area contributed by atoms with E-state index in [0.717, 1.165) is 0 Å². The van der Waals surface area contributed by atoms with E-state index >= 15 is 0 Å². The number of nitrogens with zero attached hydrogens (tertiary/aromatic N) is 1. The van der Waals surface area contributed by atoms with Gasteiger partial charge in [0, 0.05) is 4.47 Å². The van der Waals surface area contributed by atoms with Gasteiger partial charge in [-0.15, -0.1) is 0 Å². The van der Waals surface area contributed by atoms with Crippen molar-refractivity contribution in [3.8, 4) is 11.8 Å². The van der Waals surface area contributed by atoms with Crippen LogP contribution in [0.5, 0.6) is 5.75 Å². The molecule has 0 bridgehead atoms. The zero-order valence-corrected chi connectivity index (χ0v) is 11.6. The highest BCUT2D eigenvalue weighted by atomic mass is 79.9. The minimum atomic E-state index is -0.617. The first kappa shape index (κ1) is 13.3. The van der Waals surface area contributed by atoms with Crippen molar-refractivity contribution in [3.63, 3.8) is 0 Å². The first-order valence-corrected chi connectivity index (χ1v) is 6.30. The fourth-order valence-electron chi connectivity index (χ4n) is 1.59. The highest BCUT2D eigenvalue weighted by Crippen LogP contribution is 2.29. The Balaban J connectivity index is 2.33. The Hall–Kier alpha value is -2.13. The van der Waals surface area contributed by atoms with E-state index in [1.54, 1.807) is 25.1 Å². The molecule has 0 aliphatic heterocycles. The minimum Gasteiger partial charge on any atom is -0.488 e. The average Bonchev–Trinajstić information content (AvgIpc) is 2.43. The normalized spacial score (nSPS) is 10.2. The molecule has 0 aliphatic carbocycles. The van der Waals surface area contributed by atoms with Crippen molar-refractivity contribution in [2.24, 2.45) is 0 Å². The predicted octanol–water partition coefficient (Wildman–Crippen LogP) is 2.06. The summed E-state index contributed by atoms with van der Waals surface area (Å²) in [5.41, 5.74) is 0.0191. The Morgan fingerprint density at radius 1 is 1.37 bits per heavy atom. The molecule has 19 heavy (non-hydrogen) atoms. The minimum absolute atomic E-state index is 0.0590. The number of rotatable bonds is 4. The predicted molar refractivity (Wildman–Crippen MR) is 74.7 cm³/mol. The number of nitrogens with one attached hydrogen (secondary N) is 1. The maximum absolute atomic E-state index is 11.5. The Morgan fingerprint density at radius 2 is 2.11 bits per heavy atom. The molecule has 0 atom stereocenters. The fraction of sp³-hybridized carbons (Fsp3) is 0.154. The number of halogens is 1. The zero-order chi connectivity index (χ0) is 14.0. The molecule has 0 radical (unpaired) electrons. The van der Waals surface area contributed by atoms with Gasteiger partial charge in [0.2, 0.25) is 0 Å². The van der Waals surface area contributed by atoms with Crippen LogP contribution in [0.4, 0.5) is 11.4 Å². The largest absolute Gasteiger partial charge is 0.488 e. The average molecular weight is 321 g/mol. The molecule has 2 aromatic carbocycles. The van der Waals surface area contributed by atoms with E-state index in [9.17, 15) is 9.59 Å². The highest BCUT2D eigenvalue weighted by Gasteiger charge is 2.22. The maximum atomic E-state index is 11.5. The van der Waals surface area contributed by atoms with Gasteiger partial charge < -0.3 is 10.1 Å². The molecule has 2 aromatic rings. The molecule has 2 rings (SSSR count). The first-order chi connectivity index (χ1) is 9.08. The van der Waals surface area contributed by atoms with Crippen molar-refractivity contribution in [2.75, 3.05) is 11.9 Å². The molecule has 0 heterocycles. The fourth-order valence-corrected chi connectivity index (χ4v) is 2.06. The number of ether oxygens (including phenoxy) is 1. The van der Waals surface area contributed by atoms with Crippen LogP contribution >= 0.6 is 15.9 Å². The smallest absolute Gasteiger partial charge is 0.272 e. The quantitative estimate of drug-likeness (QED) is 0.872. The van der Waals surface area contributed by atoms with E-state index in [1.807, 2.05) is 6.07 Å². The van der Waals surface area contributed by atoms with Gasteiger partial charge in [0.1, 0.15) is 5.69 Å². The summed E-state index contributed by atoms with van der Waals surface area (Å²) in [6, 6.07) is 6.88. The topological polar surface area (TPSA) is 79.2 Å². The molecule has 0 aliphatic rings. The molecule has 0 saturated heterocycles. The standard InChI is InChI=1S/C13H9BrN2O3/c1-2-19-13-10(11(17)12(13)18)16-9-4-3-7(6-15)5-8(9)14/h3-5,16H,2H2,1H3. The lowest BCUT2D eigenvalue weighted by Crippen LogP contribution is -2.35. The van der Waals surface area contributed by atoms with Crippen molar-refractivity contribution >= 4 is 27.3 Å². The summed E-state index contributed by atoms with van der Waals surface area (Å²) >= 11 is 3.29. The summed E-state index contributed by atoms with van der Waals surface area (Å²) < 4.78 is 5.74. The zero-order valence-electron chi connectivity index (χ0n) is 9.99. The summed E-state index contributed by atoms with van der Waals surface area (Å²) in [4.78, 5) is 22.8. The molecule has 0 spiro atoms. The second-order valence-electron chi connectivity index (χ2n) is 3.73. The molecule has 96 valence electrons. The van der Waals surface area contributed by atoms with Crippen LogP contribution in [-0.2, 0) is 0 Å². The number of benzene rings is 1. The van der Waals surface area contributed by atoms with E-state index in [2.05, 4.69) is 21.2 Å². The Bertz CT molecular complexity index is 739. The van der Waals surface area contributed by atoms with Crippen LogP contribution in [0.25, 0.3) is 0 Å². The molecule has 0 aromatic heterocycles. The number of nitriles is 1. The van der Waals surface area contributed by atoms with Crippen LogP contribution in [-0.4, -0.2) is 6.61 Å². The molecule has 1 N–H and O–H groups in total. The third-order valence-electron chi connectivity index (χ3n) is 2.51. The lowest BCUT2D eigenvalue weighted by molar-refractivity contribution is 0.335. The maximum Gasteiger partial charge on any atom is 0.272 e. The van der Waals surface area contributed by atoms with Gasteiger partial charge in [0.15, 0.2) is 5.75 Å². The summed E-state index contributed by atoms with van der Waals surface area (Å²) in [6.07, 6.45) is 0. The molecular weight excluding hydrogens is 312 g/mol. The van der Waals surface area contributed by atoms with Crippen LogP contribution in [0.3, 0.4) is 0 Å². The van der Waals surface area contributed by atoms with Crippen LogP contribution in [0.1, 0.15) is 12.5 Å². The second-order valence-corrected chi connectivity index (χ2v) is 4.58. The SMILES string of the molecule is CCOc1c(Nc2ccc(C#N)cc2Br)c(=O)c1=O. The van der Waals surface area contributed by atoms with Gasteiger partial charge in [-0.25, -0.2) is 0 Å². The number of hydrogen-bond donors (Lipinski definition) is 1. The lowest BCUT2D eigenvalue weighted by atomic mass is 10.2. The Labute approximate surface area is 117 Å². The monoisotopic (exact) mass is 320 g/mol. The number of hydrogen-bond acceptors (Lipinski definition) is 5. The molecule has 5 nitrogen and oxygen atoms in total. The Kier molecular flexibility index (Phi) is 3.67. The van der Waals surface area contributed by atoms with Gasteiger partial charge in [-0.2, -0.15) is 5.26 Å². The molecule has 0 amide bonds. The number of anilines is 2. The van der Waals surface area contributed by atoms with Gasteiger partial charge in [-0.05, 0) is 41.1 Å². The summed E-state index contributed by atoms with van der Waals surface area (Å²) in [5, 5.41) is 11.6. The first-order valence-electron chi connectivity index (χ1n) is 5.51. The van der Waals surface area contributed by atoms with E-state index < -0.39 is 10.9 Å². The van der Waals surface area contributed by atoms with Gasteiger partial charge in [-0.1, -0.05) is 0 Å². The van der Waals surface area contributed by atoms with E-state index in [1.165, 1.54) is 0 Å². The van der Waals surface area contributed by atoms with Crippen LogP contribution < -0.4 is 20.9 Å². The van der Waals surface area contributed by atoms with Crippen molar-refractivity contribution in [1.82, 2.24) is 0 Å². The van der Waals surface area contributed by atoms with Crippen molar-refractivity contribution in [2.45, 2.75) is 6.92 Å². The lowest BCUT2D eigenvalue weighted by Gasteiger charge is -2.14. The van der Waals surface area contributed by atoms with Gasteiger partial charge >= 0.3 is 0 Å². The highest BCUT2D eigenvalue weighted by molar-refractivity contribution is 9.10. The van der Waals surface area contributed by atoms with Gasteiger partial charge in [0.25, 0.3) is 10.9 Å². The molecule has 6 heteroatoms. The Morgan fingerprint density at radius 3 is 2.68 bits per heavy atom. The molecule has 0 unspecified atom stereocenters. The van der Waals surface area contributed by atoms with E-state index in [0.29, 0.717) is 22.3 Å². The molecular formula is C13H9BrN2O3. The van der Waals surface area contributed by atoms with E-state index in [4.69, 9.17) is 10.00 Å². The van der Waals surface area contributed by atoms with Crippen molar-refractivity contribution in [3.05, 3.63) is 48.7 Å². The van der Waals surface area contributed by atoms with Gasteiger partial charge in [-0.3, -0.25) is 9.59 Å². The van der Waals surface area contributed by atoms with E-state index in [-0.39, 0.29) is 11.4 Å². The van der Waals surface area contributed by atoms with Crippen LogP contribution in [0, 0.1) is 11.3 Å². The summed E-state index contributed by atoms with van der Waals surface area (Å²) in [6.45, 7) is 2.05. The van der Waals surface area contributed by atoms with Crippen LogP contribution in [0.2, 0.25) is 0 Å². The van der Waals surface area contributed by atoms with Crippen molar-refractivity contribution < 1.29 is 4.74 Å². The van der Waals surface area contributed by atoms with Gasteiger partial charge in [0.05, 0.1) is 23.9 Å². The molecule has 0 fully saturated rings. The third-order valence-corrected chi connectivity index (χ3v) is 3.17. The summed E-state index contributed by atoms with van der Waals surface area (Å²) in [5.74, 6) is 0.0590. The molecule has 0 saturated carbocycles. The van der Waals surface area contributed by atoms with Crippen LogP contribution in [0.15, 0.2) is 32.3 Å². The second kappa shape index (κ2) is 5.24.